The number of ether oxygens (including phenoxy) is 2. The van der Waals surface area contributed by atoms with Gasteiger partial charge in [0.25, 0.3) is 0 Å². The number of carbonyl (C=O) groups excluding carboxylic acids is 1. The Morgan fingerprint density at radius 2 is 1.69 bits per heavy atom. The zero-order valence-electron chi connectivity index (χ0n) is 24.2. The maximum Gasteiger partial charge on any atom is 0.414 e. The Bertz CT molecular complexity index is 1410. The number of alkyl halides is 3. The van der Waals surface area contributed by atoms with Gasteiger partial charge in [-0.15, -0.1) is 0 Å². The van der Waals surface area contributed by atoms with Crippen molar-refractivity contribution in [3.63, 3.8) is 0 Å². The maximum absolute atomic E-state index is 14.0. The summed E-state index contributed by atoms with van der Waals surface area (Å²) >= 11 is 0. The summed E-state index contributed by atoms with van der Waals surface area (Å²) < 4.78 is 53.7. The zero-order chi connectivity index (χ0) is 30.2. The van der Waals surface area contributed by atoms with Gasteiger partial charge in [0.05, 0.1) is 18.8 Å². The number of imidazole rings is 1. The van der Waals surface area contributed by atoms with Crippen molar-refractivity contribution in [2.75, 3.05) is 54.5 Å². The number of hydrogen-bond acceptors (Lipinski definition) is 11. The van der Waals surface area contributed by atoms with Crippen LogP contribution in [0.1, 0.15) is 34.6 Å². The molecule has 0 aliphatic carbocycles. The highest BCUT2D eigenvalue weighted by Gasteiger charge is 2.35. The van der Waals surface area contributed by atoms with Gasteiger partial charge >= 0.3 is 12.3 Å². The molecule has 0 bridgehead atoms. The van der Waals surface area contributed by atoms with E-state index in [0.717, 1.165) is 4.57 Å². The summed E-state index contributed by atoms with van der Waals surface area (Å²) in [6.45, 7) is 10.7. The van der Waals surface area contributed by atoms with Crippen LogP contribution in [0.5, 0.6) is 0 Å². The normalized spacial score (nSPS) is 20.2. The SMILES string of the molecule is C[C@@H]1CN(c2nc3c(N4CCOCC4)nc(-c4cnc(NC(=O)OC(C)(C)C)nc4)nc3n2CC(F)(F)F)C[C@H](C)N1. The van der Waals surface area contributed by atoms with Crippen LogP contribution in [0.2, 0.25) is 0 Å². The quantitative estimate of drug-likeness (QED) is 0.452. The molecule has 228 valence electrons. The number of morpholine rings is 1. The van der Waals surface area contributed by atoms with E-state index < -0.39 is 24.4 Å². The third-order valence-electron chi connectivity index (χ3n) is 6.57. The van der Waals surface area contributed by atoms with Gasteiger partial charge in [0, 0.05) is 50.7 Å². The van der Waals surface area contributed by atoms with E-state index in [-0.39, 0.29) is 41.0 Å². The lowest BCUT2D eigenvalue weighted by Gasteiger charge is -2.37. The fourth-order valence-electron chi connectivity index (χ4n) is 5.06. The molecule has 2 atom stereocenters. The van der Waals surface area contributed by atoms with Crippen molar-refractivity contribution in [1.29, 1.82) is 0 Å². The lowest BCUT2D eigenvalue weighted by atomic mass is 10.1. The fraction of sp³-hybridized carbons (Fsp3) is 0.615. The monoisotopic (exact) mass is 592 g/mol. The van der Waals surface area contributed by atoms with Crippen LogP contribution in [-0.4, -0.2) is 98.8 Å². The van der Waals surface area contributed by atoms with Gasteiger partial charge in [0.2, 0.25) is 11.9 Å². The molecule has 3 aromatic rings. The minimum atomic E-state index is -4.52. The molecule has 13 nitrogen and oxygen atoms in total. The smallest absolute Gasteiger partial charge is 0.414 e. The molecule has 0 aromatic carbocycles. The summed E-state index contributed by atoms with van der Waals surface area (Å²) in [5.41, 5.74) is -0.0133. The molecule has 2 saturated heterocycles. The standard InChI is InChI=1S/C26H35F3N10O3/c1-15-12-38(13-16(2)32-15)23-33-18-20(37-6-8-41-9-7-37)34-19(35-21(18)39(23)14-26(27,28)29)17-10-30-22(31-11-17)36-24(40)42-25(3,4)5/h10-11,15-16,32H,6-9,12-14H2,1-5H3,(H,30,31,36,40)/t15-,16+. The average molecular weight is 593 g/mol. The summed E-state index contributed by atoms with van der Waals surface area (Å²) in [5, 5.41) is 5.86. The molecule has 0 spiro atoms. The molecule has 16 heteroatoms. The summed E-state index contributed by atoms with van der Waals surface area (Å²) in [6.07, 6.45) is -2.44. The number of carbonyl (C=O) groups is 1. The molecule has 3 aromatic heterocycles. The second-order valence-electron chi connectivity index (χ2n) is 11.6. The predicted octanol–water partition coefficient (Wildman–Crippen LogP) is 3.22. The molecule has 2 fully saturated rings. The van der Waals surface area contributed by atoms with Crippen LogP contribution >= 0.6 is 0 Å². The molecule has 0 radical (unpaired) electrons. The molecule has 0 unspecified atom stereocenters. The third-order valence-corrected chi connectivity index (χ3v) is 6.57. The molecule has 2 N–H and O–H groups in total. The van der Waals surface area contributed by atoms with E-state index in [1.807, 2.05) is 23.6 Å². The first-order chi connectivity index (χ1) is 19.8. The number of fused-ring (bicyclic) bond motifs is 1. The van der Waals surface area contributed by atoms with Gasteiger partial charge in [0.1, 0.15) is 12.1 Å². The summed E-state index contributed by atoms with van der Waals surface area (Å²) in [7, 11) is 0. The minimum Gasteiger partial charge on any atom is -0.444 e. The first kappa shape index (κ1) is 29.7. The lowest BCUT2D eigenvalue weighted by molar-refractivity contribution is -0.139. The van der Waals surface area contributed by atoms with Gasteiger partial charge in [-0.25, -0.2) is 29.7 Å². The van der Waals surface area contributed by atoms with E-state index in [2.05, 4.69) is 25.6 Å². The topological polar surface area (TPSA) is 135 Å². The second-order valence-corrected chi connectivity index (χ2v) is 11.6. The predicted molar refractivity (Wildman–Crippen MR) is 150 cm³/mol. The number of hydrogen-bond donors (Lipinski definition) is 2. The van der Waals surface area contributed by atoms with Crippen LogP contribution < -0.4 is 20.4 Å². The Hall–Kier alpha value is -3.79. The highest BCUT2D eigenvalue weighted by atomic mass is 19.4. The van der Waals surface area contributed by atoms with Gasteiger partial charge in [-0.05, 0) is 34.6 Å². The summed E-state index contributed by atoms with van der Waals surface area (Å²) in [4.78, 5) is 38.3. The number of amides is 1. The van der Waals surface area contributed by atoms with Crippen molar-refractivity contribution < 1.29 is 27.4 Å². The Labute approximate surface area is 240 Å². The van der Waals surface area contributed by atoms with Gasteiger partial charge in [-0.1, -0.05) is 0 Å². The van der Waals surface area contributed by atoms with Crippen LogP contribution in [0.15, 0.2) is 12.4 Å². The highest BCUT2D eigenvalue weighted by Crippen LogP contribution is 2.34. The average Bonchev–Trinajstić information content (AvgIpc) is 3.24. The lowest BCUT2D eigenvalue weighted by Crippen LogP contribution is -2.55. The molecule has 5 rings (SSSR count). The van der Waals surface area contributed by atoms with E-state index in [0.29, 0.717) is 50.8 Å². The Morgan fingerprint density at radius 3 is 2.29 bits per heavy atom. The van der Waals surface area contributed by atoms with Crippen LogP contribution in [0, 0.1) is 0 Å². The largest absolute Gasteiger partial charge is 0.444 e. The second kappa shape index (κ2) is 11.5. The summed E-state index contributed by atoms with van der Waals surface area (Å²) in [6, 6.07) is 0.108. The van der Waals surface area contributed by atoms with Crippen molar-refractivity contribution in [3.05, 3.63) is 12.4 Å². The van der Waals surface area contributed by atoms with Gasteiger partial charge in [-0.2, -0.15) is 13.2 Å². The number of piperazine rings is 1. The van der Waals surface area contributed by atoms with Crippen molar-refractivity contribution in [2.45, 2.75) is 65.0 Å². The number of rotatable bonds is 5. The van der Waals surface area contributed by atoms with Crippen molar-refractivity contribution >= 4 is 35.0 Å². The third kappa shape index (κ3) is 6.98. The van der Waals surface area contributed by atoms with E-state index >= 15 is 0 Å². The molecule has 2 aliphatic rings. The molecule has 2 aliphatic heterocycles. The zero-order valence-corrected chi connectivity index (χ0v) is 24.2. The minimum absolute atomic E-state index is 0.00571. The van der Waals surface area contributed by atoms with Crippen molar-refractivity contribution in [1.82, 2.24) is 34.8 Å². The number of aromatic nitrogens is 6. The van der Waals surface area contributed by atoms with E-state index in [1.54, 1.807) is 20.8 Å². The molecule has 1 amide bonds. The van der Waals surface area contributed by atoms with Crippen LogP contribution in [-0.2, 0) is 16.0 Å². The van der Waals surface area contributed by atoms with Crippen molar-refractivity contribution in [3.8, 4) is 11.4 Å². The molecule has 42 heavy (non-hydrogen) atoms. The van der Waals surface area contributed by atoms with E-state index in [4.69, 9.17) is 19.4 Å². The number of nitrogens with one attached hydrogen (secondary N) is 2. The maximum atomic E-state index is 14.0. The Balaban J connectivity index is 1.59. The van der Waals surface area contributed by atoms with Gasteiger partial charge < -0.3 is 24.6 Å². The molecular weight excluding hydrogens is 557 g/mol. The Morgan fingerprint density at radius 1 is 1.05 bits per heavy atom. The molecule has 5 heterocycles. The number of anilines is 3. The van der Waals surface area contributed by atoms with E-state index in [9.17, 15) is 18.0 Å². The molecule has 0 saturated carbocycles. The van der Waals surface area contributed by atoms with Crippen LogP contribution in [0.3, 0.4) is 0 Å². The van der Waals surface area contributed by atoms with Gasteiger partial charge in [-0.3, -0.25) is 9.88 Å². The van der Waals surface area contributed by atoms with Crippen LogP contribution in [0.25, 0.3) is 22.6 Å². The first-order valence-electron chi connectivity index (χ1n) is 13.8. The number of halogens is 3. The number of nitrogens with zero attached hydrogens (tertiary/aromatic N) is 8. The fourth-order valence-corrected chi connectivity index (χ4v) is 5.06. The summed E-state index contributed by atoms with van der Waals surface area (Å²) in [5.74, 6) is 0.725. The highest BCUT2D eigenvalue weighted by molar-refractivity contribution is 5.88. The van der Waals surface area contributed by atoms with Crippen molar-refractivity contribution in [2.24, 2.45) is 0 Å². The van der Waals surface area contributed by atoms with Crippen LogP contribution in [0.4, 0.5) is 35.7 Å². The molecular formula is C26H35F3N10O3. The van der Waals surface area contributed by atoms with E-state index in [1.165, 1.54) is 12.4 Å². The first-order valence-corrected chi connectivity index (χ1v) is 13.8. The Kier molecular flexibility index (Phi) is 8.11. The van der Waals surface area contributed by atoms with Gasteiger partial charge in [0.15, 0.2) is 22.8 Å².